The highest BCUT2D eigenvalue weighted by Crippen LogP contribution is 2.23. The zero-order chi connectivity index (χ0) is 16.6. The highest BCUT2D eigenvalue weighted by Gasteiger charge is 2.24. The summed E-state index contributed by atoms with van der Waals surface area (Å²) in [5.74, 6) is -1.79. The zero-order valence-corrected chi connectivity index (χ0v) is 12.5. The van der Waals surface area contributed by atoms with E-state index < -0.39 is 32.5 Å². The Bertz CT molecular complexity index is 968. The van der Waals surface area contributed by atoms with Crippen molar-refractivity contribution in [3.8, 4) is 5.75 Å². The van der Waals surface area contributed by atoms with Crippen LogP contribution in [0.3, 0.4) is 0 Å². The smallest absolute Gasteiger partial charge is 0.299 e. The van der Waals surface area contributed by atoms with Crippen molar-refractivity contribution in [1.82, 2.24) is 14.6 Å². The SMILES string of the molecule is COc1cccn2nc(S(=O)(=O)Nc3c(F)cccc3F)nc12. The Morgan fingerprint density at radius 2 is 1.87 bits per heavy atom. The van der Waals surface area contributed by atoms with Gasteiger partial charge in [0.25, 0.3) is 15.2 Å². The lowest BCUT2D eigenvalue weighted by Crippen LogP contribution is -2.16. The molecule has 0 aliphatic carbocycles. The van der Waals surface area contributed by atoms with Gasteiger partial charge in [0.15, 0.2) is 11.4 Å². The molecule has 0 bridgehead atoms. The molecule has 0 saturated heterocycles. The number of nitrogens with one attached hydrogen (secondary N) is 1. The monoisotopic (exact) mass is 340 g/mol. The molecule has 3 aromatic rings. The first kappa shape index (κ1) is 15.2. The Hall–Kier alpha value is -2.75. The van der Waals surface area contributed by atoms with E-state index in [0.29, 0.717) is 5.75 Å². The molecule has 0 atom stereocenters. The molecular weight excluding hydrogens is 330 g/mol. The van der Waals surface area contributed by atoms with Gasteiger partial charge in [0.05, 0.1) is 7.11 Å². The summed E-state index contributed by atoms with van der Waals surface area (Å²) < 4.78 is 59.7. The first-order valence-electron chi connectivity index (χ1n) is 6.28. The summed E-state index contributed by atoms with van der Waals surface area (Å²) in [4.78, 5) is 3.84. The van der Waals surface area contributed by atoms with Gasteiger partial charge in [0.2, 0.25) is 0 Å². The maximum Gasteiger partial charge on any atom is 0.299 e. The predicted octanol–water partition coefficient (Wildman–Crippen LogP) is 1.82. The fourth-order valence-electron chi connectivity index (χ4n) is 1.91. The first-order chi connectivity index (χ1) is 10.9. The Labute approximate surface area is 129 Å². The summed E-state index contributed by atoms with van der Waals surface area (Å²) in [7, 11) is -2.98. The van der Waals surface area contributed by atoms with E-state index in [-0.39, 0.29) is 5.65 Å². The molecule has 10 heteroatoms. The number of benzene rings is 1. The highest BCUT2D eigenvalue weighted by molar-refractivity contribution is 7.92. The summed E-state index contributed by atoms with van der Waals surface area (Å²) in [6.45, 7) is 0. The van der Waals surface area contributed by atoms with Crippen LogP contribution < -0.4 is 9.46 Å². The molecule has 1 N–H and O–H groups in total. The average molecular weight is 340 g/mol. The van der Waals surface area contributed by atoms with Crippen LogP contribution in [0.25, 0.3) is 5.65 Å². The second-order valence-corrected chi connectivity index (χ2v) is 6.02. The summed E-state index contributed by atoms with van der Waals surface area (Å²) in [6, 6.07) is 6.14. The van der Waals surface area contributed by atoms with Gasteiger partial charge >= 0.3 is 0 Å². The number of anilines is 1. The van der Waals surface area contributed by atoms with E-state index in [2.05, 4.69) is 10.1 Å². The maximum absolute atomic E-state index is 13.6. The number of hydrogen-bond donors (Lipinski definition) is 1. The second-order valence-electron chi connectivity index (χ2n) is 4.44. The van der Waals surface area contributed by atoms with Crippen molar-refractivity contribution in [2.45, 2.75) is 5.16 Å². The molecule has 0 saturated carbocycles. The number of nitrogens with zero attached hydrogens (tertiary/aromatic N) is 3. The average Bonchev–Trinajstić information content (AvgIpc) is 2.96. The lowest BCUT2D eigenvalue weighted by Gasteiger charge is -2.06. The minimum atomic E-state index is -4.37. The van der Waals surface area contributed by atoms with Crippen LogP contribution in [0.1, 0.15) is 0 Å². The van der Waals surface area contributed by atoms with Gasteiger partial charge < -0.3 is 4.74 Å². The van der Waals surface area contributed by atoms with Gasteiger partial charge in [-0.3, -0.25) is 4.72 Å². The minimum absolute atomic E-state index is 0.157. The van der Waals surface area contributed by atoms with Crippen LogP contribution in [0.4, 0.5) is 14.5 Å². The molecule has 0 radical (unpaired) electrons. The van der Waals surface area contributed by atoms with Crippen molar-refractivity contribution < 1.29 is 21.9 Å². The molecule has 0 spiro atoms. The van der Waals surface area contributed by atoms with E-state index in [0.717, 1.165) is 18.2 Å². The van der Waals surface area contributed by atoms with Crippen molar-refractivity contribution in [2.24, 2.45) is 0 Å². The van der Waals surface area contributed by atoms with Crippen LogP contribution in [0.5, 0.6) is 5.75 Å². The van der Waals surface area contributed by atoms with E-state index in [1.165, 1.54) is 17.8 Å². The normalized spacial score (nSPS) is 11.6. The standard InChI is InChI=1S/C13H10F2N4O3S/c1-22-10-6-3-7-19-12(10)16-13(17-19)23(20,21)18-11-8(14)4-2-5-9(11)15/h2-7,18H,1H3. The minimum Gasteiger partial charge on any atom is -0.493 e. The molecule has 0 aliphatic heterocycles. The van der Waals surface area contributed by atoms with Gasteiger partial charge in [0.1, 0.15) is 17.3 Å². The van der Waals surface area contributed by atoms with Crippen LogP contribution in [0.15, 0.2) is 41.7 Å². The Morgan fingerprint density at radius 3 is 2.52 bits per heavy atom. The summed E-state index contributed by atoms with van der Waals surface area (Å²) in [5.41, 5.74) is -0.636. The second kappa shape index (κ2) is 5.47. The van der Waals surface area contributed by atoms with Gasteiger partial charge in [-0.2, -0.15) is 13.4 Å². The molecule has 0 unspecified atom stereocenters. The third-order valence-corrected chi connectivity index (χ3v) is 4.09. The zero-order valence-electron chi connectivity index (χ0n) is 11.7. The van der Waals surface area contributed by atoms with Crippen LogP contribution >= 0.6 is 0 Å². The fraction of sp³-hybridized carbons (Fsp3) is 0.0769. The van der Waals surface area contributed by atoms with Crippen molar-refractivity contribution in [1.29, 1.82) is 0 Å². The van der Waals surface area contributed by atoms with E-state index in [9.17, 15) is 17.2 Å². The van der Waals surface area contributed by atoms with Crippen molar-refractivity contribution >= 4 is 21.4 Å². The summed E-state index contributed by atoms with van der Waals surface area (Å²) in [6.07, 6.45) is 1.47. The number of methoxy groups -OCH3 is 1. The molecule has 0 fully saturated rings. The number of pyridine rings is 1. The third kappa shape index (κ3) is 2.68. The molecule has 2 heterocycles. The van der Waals surface area contributed by atoms with Crippen molar-refractivity contribution in [2.75, 3.05) is 11.8 Å². The van der Waals surface area contributed by atoms with Crippen molar-refractivity contribution in [3.05, 3.63) is 48.2 Å². The first-order valence-corrected chi connectivity index (χ1v) is 7.77. The molecule has 7 nitrogen and oxygen atoms in total. The quantitative estimate of drug-likeness (QED) is 0.783. The van der Waals surface area contributed by atoms with E-state index in [4.69, 9.17) is 4.74 Å². The lowest BCUT2D eigenvalue weighted by atomic mass is 10.3. The molecular formula is C13H10F2N4O3S. The highest BCUT2D eigenvalue weighted by atomic mass is 32.2. The number of halogens is 2. The molecule has 0 aliphatic rings. The number of rotatable bonds is 4. The maximum atomic E-state index is 13.6. The summed E-state index contributed by atoms with van der Waals surface area (Å²) >= 11 is 0. The predicted molar refractivity (Wildman–Crippen MR) is 76.7 cm³/mol. The van der Waals surface area contributed by atoms with Crippen LogP contribution in [0.2, 0.25) is 0 Å². The number of aromatic nitrogens is 3. The number of fused-ring (bicyclic) bond motifs is 1. The number of sulfonamides is 1. The molecule has 120 valence electrons. The van der Waals surface area contributed by atoms with E-state index >= 15 is 0 Å². The molecule has 23 heavy (non-hydrogen) atoms. The Morgan fingerprint density at radius 1 is 1.17 bits per heavy atom. The van der Waals surface area contributed by atoms with Gasteiger partial charge in [-0.05, 0) is 24.3 Å². The van der Waals surface area contributed by atoms with Gasteiger partial charge in [-0.1, -0.05) is 6.07 Å². The number of hydrogen-bond acceptors (Lipinski definition) is 5. The van der Waals surface area contributed by atoms with Gasteiger partial charge in [-0.15, -0.1) is 5.10 Å². The lowest BCUT2D eigenvalue weighted by molar-refractivity contribution is 0.416. The van der Waals surface area contributed by atoms with Crippen molar-refractivity contribution in [3.63, 3.8) is 0 Å². The molecule has 2 aromatic heterocycles. The Kier molecular flexibility index (Phi) is 3.60. The molecule has 3 rings (SSSR count). The number of para-hydroxylation sites is 1. The summed E-state index contributed by atoms with van der Waals surface area (Å²) in [5, 5.41) is 3.14. The van der Waals surface area contributed by atoms with Gasteiger partial charge in [-0.25, -0.2) is 13.3 Å². The van der Waals surface area contributed by atoms with E-state index in [1.807, 2.05) is 4.72 Å². The fourth-order valence-corrected chi connectivity index (χ4v) is 2.87. The molecule has 0 amide bonds. The number of ether oxygens (including phenoxy) is 1. The Balaban J connectivity index is 2.07. The largest absolute Gasteiger partial charge is 0.493 e. The van der Waals surface area contributed by atoms with Gasteiger partial charge in [0, 0.05) is 6.20 Å². The van der Waals surface area contributed by atoms with Crippen LogP contribution in [0, 0.1) is 11.6 Å². The third-order valence-electron chi connectivity index (χ3n) is 2.97. The van der Waals surface area contributed by atoms with Crippen LogP contribution in [-0.2, 0) is 10.0 Å². The molecule has 1 aromatic carbocycles. The topological polar surface area (TPSA) is 85.6 Å². The van der Waals surface area contributed by atoms with Crippen LogP contribution in [-0.4, -0.2) is 30.1 Å². The van der Waals surface area contributed by atoms with E-state index in [1.54, 1.807) is 12.1 Å².